The number of nitriles is 1. The number of benzene rings is 2. The number of carbonyl (C=O) groups excluding carboxylic acids is 1. The van der Waals surface area contributed by atoms with Gasteiger partial charge in [0.25, 0.3) is 11.6 Å². The highest BCUT2D eigenvalue weighted by molar-refractivity contribution is 7.99. The first-order valence-electron chi connectivity index (χ1n) is 9.25. The molecule has 0 bridgehead atoms. The van der Waals surface area contributed by atoms with Crippen LogP contribution in [0.1, 0.15) is 16.7 Å². The molecule has 0 aliphatic rings. The predicted molar refractivity (Wildman–Crippen MR) is 120 cm³/mol. The number of pyridine rings is 1. The van der Waals surface area contributed by atoms with Crippen molar-refractivity contribution in [3.8, 4) is 6.07 Å². The highest BCUT2D eigenvalue weighted by Crippen LogP contribution is 2.34. The molecule has 0 unspecified atom stereocenters. The summed E-state index contributed by atoms with van der Waals surface area (Å²) >= 11 is 1.17. The van der Waals surface area contributed by atoms with Gasteiger partial charge in [-0.25, -0.2) is 4.98 Å². The molecule has 7 nitrogen and oxygen atoms in total. The maximum atomic E-state index is 12.5. The number of aromatic nitrogens is 1. The smallest absolute Gasteiger partial charge is 0.283 e. The summed E-state index contributed by atoms with van der Waals surface area (Å²) < 4.78 is 0. The fourth-order valence-corrected chi connectivity index (χ4v) is 3.57. The molecule has 0 saturated carbocycles. The SMILES string of the molecule is Cc1ccc(NC(=O)/C(C#N)=C/c2ccc(Sc3ccccn3)c([N+](=O)[O-])c2)cc1C. The van der Waals surface area contributed by atoms with Gasteiger partial charge >= 0.3 is 0 Å². The minimum atomic E-state index is -0.583. The summed E-state index contributed by atoms with van der Waals surface area (Å²) in [6.45, 7) is 3.89. The number of nitrogens with one attached hydrogen (secondary N) is 1. The predicted octanol–water partition coefficient (Wildman–Crippen LogP) is 5.30. The van der Waals surface area contributed by atoms with E-state index in [1.165, 1.54) is 23.9 Å². The maximum absolute atomic E-state index is 12.5. The van der Waals surface area contributed by atoms with Gasteiger partial charge in [-0.15, -0.1) is 0 Å². The number of aryl methyl sites for hydroxylation is 2. The summed E-state index contributed by atoms with van der Waals surface area (Å²) in [5.74, 6) is -0.583. The van der Waals surface area contributed by atoms with E-state index in [-0.39, 0.29) is 11.3 Å². The van der Waals surface area contributed by atoms with Crippen LogP contribution in [0.15, 0.2) is 76.3 Å². The molecule has 3 aromatic rings. The minimum absolute atomic E-state index is 0.128. The first kappa shape index (κ1) is 21.7. The number of amides is 1. The van der Waals surface area contributed by atoms with Crippen LogP contribution in [0.25, 0.3) is 6.08 Å². The molecule has 3 rings (SSSR count). The van der Waals surface area contributed by atoms with E-state index < -0.39 is 10.8 Å². The normalized spacial score (nSPS) is 10.9. The zero-order valence-corrected chi connectivity index (χ0v) is 17.6. The molecule has 0 aliphatic carbocycles. The van der Waals surface area contributed by atoms with Gasteiger partial charge < -0.3 is 5.32 Å². The molecule has 2 aromatic carbocycles. The third-order valence-electron chi connectivity index (χ3n) is 4.47. The highest BCUT2D eigenvalue weighted by Gasteiger charge is 2.17. The highest BCUT2D eigenvalue weighted by atomic mass is 32.2. The molecule has 1 N–H and O–H groups in total. The lowest BCUT2D eigenvalue weighted by Gasteiger charge is -2.07. The fourth-order valence-electron chi connectivity index (χ4n) is 2.71. The standard InChI is InChI=1S/C23H18N4O3S/c1-15-6-8-19(11-16(15)2)26-23(28)18(14-24)12-17-7-9-21(20(13-17)27(29)30)31-22-5-3-4-10-25-22/h3-13H,1-2H3,(H,26,28)/b18-12+. The molecule has 1 aromatic heterocycles. The topological polar surface area (TPSA) is 109 Å². The lowest BCUT2D eigenvalue weighted by molar-refractivity contribution is -0.387. The first-order chi connectivity index (χ1) is 14.9. The lowest BCUT2D eigenvalue weighted by atomic mass is 10.1. The van der Waals surface area contributed by atoms with Gasteiger partial charge in [0.05, 0.1) is 9.82 Å². The zero-order valence-electron chi connectivity index (χ0n) is 16.8. The van der Waals surface area contributed by atoms with Crippen molar-refractivity contribution in [2.75, 3.05) is 5.32 Å². The van der Waals surface area contributed by atoms with Crippen molar-refractivity contribution in [1.82, 2.24) is 4.98 Å². The Kier molecular flexibility index (Phi) is 6.80. The monoisotopic (exact) mass is 430 g/mol. The summed E-state index contributed by atoms with van der Waals surface area (Å²) in [4.78, 5) is 28.2. The summed E-state index contributed by atoms with van der Waals surface area (Å²) in [5, 5.41) is 24.3. The number of nitro benzene ring substituents is 1. The second-order valence-electron chi connectivity index (χ2n) is 6.68. The lowest BCUT2D eigenvalue weighted by Crippen LogP contribution is -2.13. The molecule has 154 valence electrons. The third-order valence-corrected chi connectivity index (χ3v) is 5.49. The van der Waals surface area contributed by atoms with Gasteiger partial charge in [-0.2, -0.15) is 5.26 Å². The number of nitrogens with zero attached hydrogens (tertiary/aromatic N) is 3. The molecule has 31 heavy (non-hydrogen) atoms. The van der Waals surface area contributed by atoms with Crippen LogP contribution in [-0.4, -0.2) is 15.8 Å². The first-order valence-corrected chi connectivity index (χ1v) is 10.1. The quantitative estimate of drug-likeness (QED) is 0.246. The van der Waals surface area contributed by atoms with Crippen LogP contribution >= 0.6 is 11.8 Å². The number of hydrogen-bond donors (Lipinski definition) is 1. The van der Waals surface area contributed by atoms with Gasteiger partial charge in [-0.05, 0) is 66.9 Å². The molecule has 0 saturated heterocycles. The van der Waals surface area contributed by atoms with Crippen molar-refractivity contribution < 1.29 is 9.72 Å². The van der Waals surface area contributed by atoms with Crippen LogP contribution in [-0.2, 0) is 4.79 Å². The van der Waals surface area contributed by atoms with E-state index in [1.54, 1.807) is 42.6 Å². The van der Waals surface area contributed by atoms with Gasteiger partial charge in [0.1, 0.15) is 16.7 Å². The van der Waals surface area contributed by atoms with Crippen LogP contribution in [0.3, 0.4) is 0 Å². The number of hydrogen-bond acceptors (Lipinski definition) is 6. The number of nitro groups is 1. The van der Waals surface area contributed by atoms with Gasteiger partial charge in [-0.3, -0.25) is 14.9 Å². The largest absolute Gasteiger partial charge is 0.321 e. The van der Waals surface area contributed by atoms with E-state index in [0.29, 0.717) is 21.2 Å². The molecule has 1 amide bonds. The van der Waals surface area contributed by atoms with Gasteiger partial charge in [0.2, 0.25) is 0 Å². The molecule has 0 fully saturated rings. The molecule has 0 spiro atoms. The van der Waals surface area contributed by atoms with Crippen molar-refractivity contribution in [2.45, 2.75) is 23.8 Å². The Morgan fingerprint density at radius 3 is 2.61 bits per heavy atom. The number of rotatable bonds is 6. The van der Waals surface area contributed by atoms with Crippen LogP contribution in [0, 0.1) is 35.3 Å². The molecule has 0 radical (unpaired) electrons. The van der Waals surface area contributed by atoms with Crippen LogP contribution in [0.4, 0.5) is 11.4 Å². The summed E-state index contributed by atoms with van der Waals surface area (Å²) in [5.41, 5.74) is 2.77. The summed E-state index contributed by atoms with van der Waals surface area (Å²) in [6.07, 6.45) is 2.94. The van der Waals surface area contributed by atoms with Crippen molar-refractivity contribution in [1.29, 1.82) is 5.26 Å². The average Bonchev–Trinajstić information content (AvgIpc) is 2.76. The number of carbonyl (C=O) groups is 1. The van der Waals surface area contributed by atoms with E-state index in [4.69, 9.17) is 0 Å². The molecule has 1 heterocycles. The molecule has 0 aliphatic heterocycles. The Labute approximate surface area is 183 Å². The van der Waals surface area contributed by atoms with Gasteiger partial charge in [0, 0.05) is 18.0 Å². The van der Waals surface area contributed by atoms with Crippen molar-refractivity contribution in [3.05, 3.63) is 93.2 Å². The Morgan fingerprint density at radius 1 is 1.16 bits per heavy atom. The van der Waals surface area contributed by atoms with Crippen LogP contribution in [0.2, 0.25) is 0 Å². The Balaban J connectivity index is 1.86. The maximum Gasteiger partial charge on any atom is 0.283 e. The minimum Gasteiger partial charge on any atom is -0.321 e. The van der Waals surface area contributed by atoms with E-state index in [9.17, 15) is 20.2 Å². The second kappa shape index (κ2) is 9.69. The van der Waals surface area contributed by atoms with E-state index in [2.05, 4.69) is 10.3 Å². The Hall–Kier alpha value is -3.96. The van der Waals surface area contributed by atoms with Crippen LogP contribution in [0.5, 0.6) is 0 Å². The number of anilines is 1. The Morgan fingerprint density at radius 2 is 1.97 bits per heavy atom. The fraction of sp³-hybridized carbons (Fsp3) is 0.0870. The molecular formula is C23H18N4O3S. The zero-order chi connectivity index (χ0) is 22.4. The summed E-state index contributed by atoms with van der Waals surface area (Å²) in [6, 6.07) is 17.2. The third kappa shape index (κ3) is 5.56. The van der Waals surface area contributed by atoms with E-state index >= 15 is 0 Å². The van der Waals surface area contributed by atoms with Crippen molar-refractivity contribution in [2.24, 2.45) is 0 Å². The summed E-state index contributed by atoms with van der Waals surface area (Å²) in [7, 11) is 0. The molecule has 8 heteroatoms. The van der Waals surface area contributed by atoms with Gasteiger partial charge in [0.15, 0.2) is 0 Å². The van der Waals surface area contributed by atoms with Crippen molar-refractivity contribution in [3.63, 3.8) is 0 Å². The molecular weight excluding hydrogens is 412 g/mol. The van der Waals surface area contributed by atoms with E-state index in [1.807, 2.05) is 32.0 Å². The van der Waals surface area contributed by atoms with E-state index in [0.717, 1.165) is 11.1 Å². The second-order valence-corrected chi connectivity index (χ2v) is 7.74. The van der Waals surface area contributed by atoms with Crippen LogP contribution < -0.4 is 5.32 Å². The van der Waals surface area contributed by atoms with Gasteiger partial charge in [-0.1, -0.05) is 30.0 Å². The average molecular weight is 430 g/mol. The Bertz CT molecular complexity index is 1220. The van der Waals surface area contributed by atoms with Crippen molar-refractivity contribution >= 4 is 35.1 Å². The molecule has 0 atom stereocenters.